The van der Waals surface area contributed by atoms with Gasteiger partial charge in [0.05, 0.1) is 33.8 Å². The van der Waals surface area contributed by atoms with Crippen molar-refractivity contribution < 1.29 is 0 Å². The molecule has 0 aliphatic heterocycles. The van der Waals surface area contributed by atoms with Crippen molar-refractivity contribution in [3.8, 4) is 56.2 Å². The van der Waals surface area contributed by atoms with Crippen molar-refractivity contribution >= 4 is 21.8 Å². The van der Waals surface area contributed by atoms with Crippen LogP contribution in [-0.4, -0.2) is 19.9 Å². The van der Waals surface area contributed by atoms with E-state index in [4.69, 9.17) is 19.9 Å². The molecule has 8 rings (SSSR count). The van der Waals surface area contributed by atoms with Crippen LogP contribution in [0.5, 0.6) is 0 Å². The largest absolute Gasteiger partial charge is 0.251 e. The Morgan fingerprint density at radius 1 is 0.375 bits per heavy atom. The van der Waals surface area contributed by atoms with Gasteiger partial charge < -0.3 is 0 Å². The molecule has 0 aliphatic rings. The topological polar surface area (TPSA) is 51.6 Å². The molecule has 0 atom stereocenters. The van der Waals surface area contributed by atoms with E-state index < -0.39 is 0 Å². The number of fused-ring (bicyclic) bond motifs is 3. The van der Waals surface area contributed by atoms with Gasteiger partial charge in [-0.3, -0.25) is 9.97 Å². The molecule has 0 N–H and O–H groups in total. The van der Waals surface area contributed by atoms with E-state index in [-0.39, 0.29) is 0 Å². The molecule has 5 aromatic carbocycles. The summed E-state index contributed by atoms with van der Waals surface area (Å²) in [5.74, 6) is 0. The number of aromatic nitrogens is 4. The highest BCUT2D eigenvalue weighted by Gasteiger charge is 2.20. The number of rotatable bonds is 7. The van der Waals surface area contributed by atoms with E-state index in [1.165, 1.54) is 0 Å². The van der Waals surface area contributed by atoms with Crippen LogP contribution in [0.4, 0.5) is 0 Å². The van der Waals surface area contributed by atoms with Crippen LogP contribution in [0.2, 0.25) is 0 Å². The summed E-state index contributed by atoms with van der Waals surface area (Å²) in [7, 11) is 0. The summed E-state index contributed by atoms with van der Waals surface area (Å²) in [5.41, 5.74) is 13.8. The Morgan fingerprint density at radius 3 is 1.42 bits per heavy atom. The van der Waals surface area contributed by atoms with Gasteiger partial charge in [-0.05, 0) is 42.2 Å². The van der Waals surface area contributed by atoms with Crippen molar-refractivity contribution in [2.24, 2.45) is 0 Å². The Morgan fingerprint density at radius 2 is 0.854 bits per heavy atom. The monoisotopic (exact) mass is 618 g/mol. The highest BCUT2D eigenvalue weighted by atomic mass is 14.9. The lowest BCUT2D eigenvalue weighted by Crippen LogP contribution is -2.01. The summed E-state index contributed by atoms with van der Waals surface area (Å²) in [5, 5.41) is 2.20. The van der Waals surface area contributed by atoms with Crippen molar-refractivity contribution in [3.05, 3.63) is 157 Å². The van der Waals surface area contributed by atoms with Crippen LogP contribution < -0.4 is 0 Å². The molecular formula is C44H34N4. The zero-order valence-corrected chi connectivity index (χ0v) is 27.1. The van der Waals surface area contributed by atoms with E-state index in [1.54, 1.807) is 0 Å². The maximum atomic E-state index is 5.47. The lowest BCUT2D eigenvalue weighted by molar-refractivity contribution is 1.05. The molecule has 0 amide bonds. The summed E-state index contributed by atoms with van der Waals surface area (Å²) in [4.78, 5) is 21.0. The number of hydrogen-bond acceptors (Lipinski definition) is 4. The minimum absolute atomic E-state index is 0.831. The molecule has 0 spiro atoms. The fourth-order valence-corrected chi connectivity index (χ4v) is 6.44. The predicted molar refractivity (Wildman–Crippen MR) is 199 cm³/mol. The molecule has 0 saturated carbocycles. The van der Waals surface area contributed by atoms with Gasteiger partial charge in [-0.25, -0.2) is 9.97 Å². The third-order valence-electron chi connectivity index (χ3n) is 8.96. The first-order valence-electron chi connectivity index (χ1n) is 16.6. The van der Waals surface area contributed by atoms with Crippen LogP contribution in [0.25, 0.3) is 78.0 Å². The van der Waals surface area contributed by atoms with E-state index in [2.05, 4.69) is 141 Å². The van der Waals surface area contributed by atoms with Gasteiger partial charge in [-0.2, -0.15) is 0 Å². The van der Waals surface area contributed by atoms with Gasteiger partial charge in [0.2, 0.25) is 0 Å². The summed E-state index contributed by atoms with van der Waals surface area (Å²) in [6, 6.07) is 50.6. The number of aryl methyl sites for hydroxylation is 2. The Kier molecular flexibility index (Phi) is 7.75. The maximum Gasteiger partial charge on any atom is 0.0974 e. The molecule has 8 aromatic rings. The average molecular weight is 619 g/mol. The molecule has 0 bridgehead atoms. The van der Waals surface area contributed by atoms with E-state index in [9.17, 15) is 0 Å². The fraction of sp³-hybridized carbons (Fsp3) is 0.0909. The Labute approximate surface area is 280 Å². The fourth-order valence-electron chi connectivity index (χ4n) is 6.44. The van der Waals surface area contributed by atoms with Gasteiger partial charge in [0, 0.05) is 44.4 Å². The highest BCUT2D eigenvalue weighted by molar-refractivity contribution is 6.08. The molecule has 0 aliphatic carbocycles. The van der Waals surface area contributed by atoms with Crippen LogP contribution in [0.1, 0.15) is 25.2 Å². The van der Waals surface area contributed by atoms with Gasteiger partial charge in [-0.15, -0.1) is 0 Å². The molecule has 3 aromatic heterocycles. The summed E-state index contributed by atoms with van der Waals surface area (Å²) in [6.45, 7) is 4.30. The molecule has 3 heterocycles. The second kappa shape index (κ2) is 12.7. The maximum absolute atomic E-state index is 5.47. The number of benzene rings is 5. The minimum Gasteiger partial charge on any atom is -0.251 e. The van der Waals surface area contributed by atoms with Crippen LogP contribution >= 0.6 is 0 Å². The van der Waals surface area contributed by atoms with Crippen molar-refractivity contribution in [1.82, 2.24) is 19.9 Å². The summed E-state index contributed by atoms with van der Waals surface area (Å²) < 4.78 is 0. The predicted octanol–water partition coefficient (Wildman–Crippen LogP) is 11.0. The van der Waals surface area contributed by atoms with E-state index in [1.807, 2.05) is 18.2 Å². The first kappa shape index (κ1) is 29.4. The summed E-state index contributed by atoms with van der Waals surface area (Å²) in [6.07, 6.45) is 1.71. The average Bonchev–Trinajstić information content (AvgIpc) is 3.17. The van der Waals surface area contributed by atoms with Gasteiger partial charge in [0.15, 0.2) is 0 Å². The molecule has 0 fully saturated rings. The van der Waals surface area contributed by atoms with Crippen LogP contribution in [0.3, 0.4) is 0 Å². The summed E-state index contributed by atoms with van der Waals surface area (Å²) >= 11 is 0. The number of nitrogens with zero attached hydrogens (tertiary/aromatic N) is 4. The second-order valence-electron chi connectivity index (χ2n) is 12.0. The zero-order valence-electron chi connectivity index (χ0n) is 27.1. The first-order valence-corrected chi connectivity index (χ1v) is 16.6. The number of pyridine rings is 2. The first-order chi connectivity index (χ1) is 23.7. The molecule has 230 valence electrons. The molecular weight excluding hydrogens is 585 g/mol. The normalized spacial score (nSPS) is 11.3. The lowest BCUT2D eigenvalue weighted by atomic mass is 9.94. The molecule has 48 heavy (non-hydrogen) atoms. The van der Waals surface area contributed by atoms with E-state index in [0.29, 0.717) is 0 Å². The Balaban J connectivity index is 1.38. The van der Waals surface area contributed by atoms with Crippen molar-refractivity contribution in [3.63, 3.8) is 0 Å². The molecule has 4 heteroatoms. The molecule has 0 saturated heterocycles. The van der Waals surface area contributed by atoms with Gasteiger partial charge >= 0.3 is 0 Å². The standard InChI is InChI=1S/C44H34N4/c1-3-35-25-23-32-24-26-37-38(28-36(4-2)46-44(37)42(32)45-35)33-21-14-22-34(27-33)43-41(31-19-12-7-13-20-31)47-39(29-15-8-5-9-16-29)40(48-43)30-17-10-6-11-18-30/h5-28H,3-4H2,1-2H3. The van der Waals surface area contributed by atoms with Crippen LogP contribution in [0.15, 0.2) is 146 Å². The van der Waals surface area contributed by atoms with Gasteiger partial charge in [0.25, 0.3) is 0 Å². The third kappa shape index (κ3) is 5.41. The van der Waals surface area contributed by atoms with Crippen molar-refractivity contribution in [2.45, 2.75) is 26.7 Å². The lowest BCUT2D eigenvalue weighted by Gasteiger charge is -2.17. The highest BCUT2D eigenvalue weighted by Crippen LogP contribution is 2.39. The Bertz CT molecular complexity index is 2400. The van der Waals surface area contributed by atoms with E-state index in [0.717, 1.165) is 102 Å². The zero-order chi connectivity index (χ0) is 32.5. The van der Waals surface area contributed by atoms with Gasteiger partial charge in [-0.1, -0.05) is 141 Å². The molecule has 0 radical (unpaired) electrons. The van der Waals surface area contributed by atoms with Crippen molar-refractivity contribution in [2.75, 3.05) is 0 Å². The number of hydrogen-bond donors (Lipinski definition) is 0. The van der Waals surface area contributed by atoms with Gasteiger partial charge in [0.1, 0.15) is 0 Å². The molecule has 0 unspecified atom stereocenters. The molecule has 4 nitrogen and oxygen atoms in total. The van der Waals surface area contributed by atoms with Crippen LogP contribution in [-0.2, 0) is 12.8 Å². The van der Waals surface area contributed by atoms with Crippen LogP contribution in [0, 0.1) is 0 Å². The second-order valence-corrected chi connectivity index (χ2v) is 12.0. The van der Waals surface area contributed by atoms with E-state index >= 15 is 0 Å². The smallest absolute Gasteiger partial charge is 0.0974 e. The SMILES string of the molecule is CCc1ccc2ccc3c(-c4cccc(-c5nc(-c6ccccc6)c(-c6ccccc6)nc5-c5ccccc5)c4)cc(CC)nc3c2n1. The minimum atomic E-state index is 0.831. The third-order valence-corrected chi connectivity index (χ3v) is 8.96. The van der Waals surface area contributed by atoms with Crippen molar-refractivity contribution in [1.29, 1.82) is 0 Å². The Hall–Kier alpha value is -6.00. The quantitative estimate of drug-likeness (QED) is 0.167.